The second-order valence-electron chi connectivity index (χ2n) is 2.73. The van der Waals surface area contributed by atoms with Crippen LogP contribution < -0.4 is 4.57 Å². The van der Waals surface area contributed by atoms with Gasteiger partial charge in [0.25, 0.3) is 0 Å². The van der Waals surface area contributed by atoms with Gasteiger partial charge in [-0.05, 0) is 31.7 Å². The zero-order chi connectivity index (χ0) is 7.56. The first-order valence-corrected chi connectivity index (χ1v) is 4.33. The second kappa shape index (κ2) is 2.88. The molecule has 1 aromatic carbocycles. The SMILES string of the molecule is Cc1cccc(N(C)[SiH3])c1. The fraction of sp³-hybridized carbons (Fsp3) is 0.250. The van der Waals surface area contributed by atoms with Gasteiger partial charge in [0.1, 0.15) is 10.4 Å². The molecule has 0 fully saturated rings. The topological polar surface area (TPSA) is 3.24 Å². The van der Waals surface area contributed by atoms with Crippen molar-refractivity contribution < 1.29 is 0 Å². The molecule has 0 amide bonds. The lowest BCUT2D eigenvalue weighted by molar-refractivity contribution is 1.32. The van der Waals surface area contributed by atoms with E-state index in [0.29, 0.717) is 0 Å². The average Bonchev–Trinajstić information content (AvgIpc) is 1.88. The molecule has 0 heterocycles. The maximum atomic E-state index is 2.24. The number of hydrogen-bond donors (Lipinski definition) is 0. The summed E-state index contributed by atoms with van der Waals surface area (Å²) in [5.74, 6) is 0. The van der Waals surface area contributed by atoms with Crippen LogP contribution in [0.5, 0.6) is 0 Å². The first-order chi connectivity index (χ1) is 4.70. The molecule has 0 saturated heterocycles. The Kier molecular flexibility index (Phi) is 2.12. The van der Waals surface area contributed by atoms with E-state index >= 15 is 0 Å². The molecular formula is C8H13NSi. The monoisotopic (exact) mass is 151 g/mol. The normalized spacial score (nSPS) is 9.80. The van der Waals surface area contributed by atoms with Gasteiger partial charge in [0.15, 0.2) is 0 Å². The van der Waals surface area contributed by atoms with Gasteiger partial charge in [-0.15, -0.1) is 0 Å². The lowest BCUT2D eigenvalue weighted by atomic mass is 10.2. The Balaban J connectivity index is 2.96. The molecule has 54 valence electrons. The predicted molar refractivity (Wildman–Crippen MR) is 49.5 cm³/mol. The predicted octanol–water partition coefficient (Wildman–Crippen LogP) is 0.712. The van der Waals surface area contributed by atoms with E-state index in [0.717, 1.165) is 10.4 Å². The zero-order valence-electron chi connectivity index (χ0n) is 6.76. The molecule has 1 nitrogen and oxygen atoms in total. The summed E-state index contributed by atoms with van der Waals surface area (Å²) < 4.78 is 2.24. The minimum Gasteiger partial charge on any atom is -0.409 e. The van der Waals surface area contributed by atoms with E-state index in [1.807, 2.05) is 0 Å². The quantitative estimate of drug-likeness (QED) is 0.534. The van der Waals surface area contributed by atoms with Crippen LogP contribution in [0.4, 0.5) is 5.69 Å². The van der Waals surface area contributed by atoms with Gasteiger partial charge in [0.2, 0.25) is 0 Å². The van der Waals surface area contributed by atoms with Gasteiger partial charge in [0.05, 0.1) is 0 Å². The molecule has 2 heteroatoms. The molecule has 0 bridgehead atoms. The number of aryl methyl sites for hydroxylation is 1. The van der Waals surface area contributed by atoms with Crippen LogP contribution in [-0.2, 0) is 0 Å². The van der Waals surface area contributed by atoms with E-state index in [9.17, 15) is 0 Å². The molecule has 0 spiro atoms. The largest absolute Gasteiger partial charge is 0.409 e. The first kappa shape index (κ1) is 7.35. The van der Waals surface area contributed by atoms with Crippen LogP contribution in [-0.4, -0.2) is 17.5 Å². The Morgan fingerprint density at radius 1 is 1.40 bits per heavy atom. The van der Waals surface area contributed by atoms with E-state index in [1.165, 1.54) is 11.3 Å². The van der Waals surface area contributed by atoms with Gasteiger partial charge in [0, 0.05) is 5.69 Å². The minimum absolute atomic E-state index is 1.09. The van der Waals surface area contributed by atoms with E-state index in [2.05, 4.69) is 42.8 Å². The Morgan fingerprint density at radius 3 is 2.50 bits per heavy atom. The van der Waals surface area contributed by atoms with Crippen molar-refractivity contribution in [3.05, 3.63) is 29.8 Å². The summed E-state index contributed by atoms with van der Waals surface area (Å²) in [6, 6.07) is 8.56. The van der Waals surface area contributed by atoms with E-state index in [-0.39, 0.29) is 0 Å². The molecule has 0 saturated carbocycles. The summed E-state index contributed by atoms with van der Waals surface area (Å²) >= 11 is 0. The summed E-state index contributed by atoms with van der Waals surface area (Å²) in [4.78, 5) is 0. The lowest BCUT2D eigenvalue weighted by Crippen LogP contribution is -2.10. The summed E-state index contributed by atoms with van der Waals surface area (Å²) in [7, 11) is 3.20. The van der Waals surface area contributed by atoms with Crippen molar-refractivity contribution >= 4 is 16.1 Å². The molecule has 10 heavy (non-hydrogen) atoms. The van der Waals surface area contributed by atoms with Crippen molar-refractivity contribution in [1.29, 1.82) is 0 Å². The molecule has 0 aromatic heterocycles. The average molecular weight is 151 g/mol. The molecule has 1 aromatic rings. The van der Waals surface area contributed by atoms with Crippen molar-refractivity contribution in [3.63, 3.8) is 0 Å². The van der Waals surface area contributed by atoms with E-state index < -0.39 is 0 Å². The summed E-state index contributed by atoms with van der Waals surface area (Å²) in [6.45, 7) is 2.12. The van der Waals surface area contributed by atoms with Crippen LogP contribution in [0.15, 0.2) is 24.3 Å². The van der Waals surface area contributed by atoms with Crippen molar-refractivity contribution in [1.82, 2.24) is 0 Å². The maximum absolute atomic E-state index is 2.24. The molecule has 0 radical (unpaired) electrons. The first-order valence-electron chi connectivity index (χ1n) is 3.44. The maximum Gasteiger partial charge on any atom is 0.107 e. The summed E-state index contributed by atoms with van der Waals surface area (Å²) in [6.07, 6.45) is 0. The van der Waals surface area contributed by atoms with Crippen molar-refractivity contribution in [2.45, 2.75) is 6.92 Å². The van der Waals surface area contributed by atoms with Crippen LogP contribution in [0.2, 0.25) is 0 Å². The van der Waals surface area contributed by atoms with Gasteiger partial charge >= 0.3 is 0 Å². The Hall–Kier alpha value is -0.763. The van der Waals surface area contributed by atoms with Crippen molar-refractivity contribution in [2.75, 3.05) is 11.6 Å². The number of rotatable bonds is 1. The molecule has 0 aliphatic carbocycles. The van der Waals surface area contributed by atoms with Crippen molar-refractivity contribution in [2.24, 2.45) is 0 Å². The summed E-state index contributed by atoms with van der Waals surface area (Å²) in [5, 5.41) is 0. The smallest absolute Gasteiger partial charge is 0.107 e. The number of benzene rings is 1. The van der Waals surface area contributed by atoms with Gasteiger partial charge in [-0.3, -0.25) is 0 Å². The van der Waals surface area contributed by atoms with Crippen LogP contribution >= 0.6 is 0 Å². The highest BCUT2D eigenvalue weighted by Crippen LogP contribution is 2.11. The van der Waals surface area contributed by atoms with E-state index in [1.54, 1.807) is 0 Å². The highest BCUT2D eigenvalue weighted by molar-refractivity contribution is 6.17. The fourth-order valence-corrected chi connectivity index (χ4v) is 1.18. The molecule has 0 atom stereocenters. The molecule has 0 aliphatic rings. The third-order valence-electron chi connectivity index (χ3n) is 1.52. The van der Waals surface area contributed by atoms with Gasteiger partial charge < -0.3 is 4.57 Å². The highest BCUT2D eigenvalue weighted by atomic mass is 28.2. The zero-order valence-corrected chi connectivity index (χ0v) is 8.76. The molecule has 0 unspecified atom stereocenters. The third-order valence-corrected chi connectivity index (χ3v) is 2.03. The summed E-state index contributed by atoms with van der Waals surface area (Å²) in [5.41, 5.74) is 2.66. The number of hydrogen-bond acceptors (Lipinski definition) is 1. The van der Waals surface area contributed by atoms with Crippen LogP contribution in [0, 0.1) is 6.92 Å². The van der Waals surface area contributed by atoms with Crippen LogP contribution in [0.25, 0.3) is 0 Å². The molecular weight excluding hydrogens is 138 g/mol. The molecule has 0 N–H and O–H groups in total. The Morgan fingerprint density at radius 2 is 2.10 bits per heavy atom. The Bertz CT molecular complexity index is 220. The minimum atomic E-state index is 1.09. The number of nitrogens with zero attached hydrogens (tertiary/aromatic N) is 1. The van der Waals surface area contributed by atoms with Gasteiger partial charge in [-0.25, -0.2) is 0 Å². The second-order valence-corrected chi connectivity index (χ2v) is 4.08. The molecule has 1 rings (SSSR count). The highest BCUT2D eigenvalue weighted by Gasteiger charge is 1.91. The van der Waals surface area contributed by atoms with Gasteiger partial charge in [-0.1, -0.05) is 12.1 Å². The third kappa shape index (κ3) is 1.61. The molecule has 0 aliphatic heterocycles. The standard InChI is InChI=1S/C8H13NSi/c1-7-4-3-5-8(6-7)9(2)10/h3-6H,1-2,10H3. The number of anilines is 1. The fourth-order valence-electron chi connectivity index (χ4n) is 0.906. The van der Waals surface area contributed by atoms with Crippen molar-refractivity contribution in [3.8, 4) is 0 Å². The van der Waals surface area contributed by atoms with Gasteiger partial charge in [-0.2, -0.15) is 0 Å². The lowest BCUT2D eigenvalue weighted by Gasteiger charge is -2.12. The van der Waals surface area contributed by atoms with Crippen LogP contribution in [0.1, 0.15) is 5.56 Å². The Labute approximate surface area is 65.2 Å². The van der Waals surface area contributed by atoms with Crippen LogP contribution in [0.3, 0.4) is 0 Å². The van der Waals surface area contributed by atoms with E-state index in [4.69, 9.17) is 0 Å².